The number of rotatable bonds is 6. The van der Waals surface area contributed by atoms with Crippen molar-refractivity contribution in [1.82, 2.24) is 5.32 Å². The number of amides is 1. The minimum Gasteiger partial charge on any atom is -0.497 e. The first-order valence-electron chi connectivity index (χ1n) is 7.63. The van der Waals surface area contributed by atoms with Gasteiger partial charge in [0.1, 0.15) is 16.9 Å². The SMILES string of the molecule is COc1cc(CCNC(=O)C2(C#N)CCOCC2)cc(OC)c1. The molecule has 0 radical (unpaired) electrons. The molecule has 0 aromatic heterocycles. The molecule has 0 bridgehead atoms. The standard InChI is InChI=1S/C17H22N2O4/c1-21-14-9-13(10-15(11-14)22-2)3-6-19-16(20)17(12-18)4-7-23-8-5-17/h9-11H,3-8H2,1-2H3,(H,19,20). The monoisotopic (exact) mass is 318 g/mol. The van der Waals surface area contributed by atoms with Gasteiger partial charge in [0.05, 0.1) is 20.3 Å². The van der Waals surface area contributed by atoms with Crippen molar-refractivity contribution in [3.8, 4) is 17.6 Å². The van der Waals surface area contributed by atoms with Gasteiger partial charge in [0.2, 0.25) is 5.91 Å². The molecule has 1 aromatic rings. The molecule has 1 aromatic carbocycles. The smallest absolute Gasteiger partial charge is 0.240 e. The van der Waals surface area contributed by atoms with Crippen LogP contribution in [0.15, 0.2) is 18.2 Å². The fourth-order valence-corrected chi connectivity index (χ4v) is 2.61. The lowest BCUT2D eigenvalue weighted by Crippen LogP contribution is -2.44. The summed E-state index contributed by atoms with van der Waals surface area (Å²) in [6.07, 6.45) is 1.53. The van der Waals surface area contributed by atoms with Gasteiger partial charge in [0.15, 0.2) is 0 Å². The number of hydrogen-bond donors (Lipinski definition) is 1. The molecular formula is C17H22N2O4. The van der Waals surface area contributed by atoms with Crippen molar-refractivity contribution in [3.05, 3.63) is 23.8 Å². The number of nitriles is 1. The van der Waals surface area contributed by atoms with Crippen molar-refractivity contribution in [3.63, 3.8) is 0 Å². The minimum absolute atomic E-state index is 0.210. The number of nitrogens with zero attached hydrogens (tertiary/aromatic N) is 1. The van der Waals surface area contributed by atoms with E-state index in [2.05, 4.69) is 11.4 Å². The Labute approximate surface area is 136 Å². The summed E-state index contributed by atoms with van der Waals surface area (Å²) in [6, 6.07) is 7.78. The summed E-state index contributed by atoms with van der Waals surface area (Å²) in [6.45, 7) is 1.36. The van der Waals surface area contributed by atoms with Gasteiger partial charge in [-0.1, -0.05) is 0 Å². The Morgan fingerprint density at radius 3 is 2.39 bits per heavy atom. The van der Waals surface area contributed by atoms with Gasteiger partial charge < -0.3 is 19.5 Å². The summed E-state index contributed by atoms with van der Waals surface area (Å²) < 4.78 is 15.7. The lowest BCUT2D eigenvalue weighted by molar-refractivity contribution is -0.132. The zero-order chi connectivity index (χ0) is 16.7. The predicted molar refractivity (Wildman–Crippen MR) is 84.4 cm³/mol. The van der Waals surface area contributed by atoms with Crippen molar-refractivity contribution in [2.24, 2.45) is 5.41 Å². The Bertz CT molecular complexity index is 566. The van der Waals surface area contributed by atoms with Gasteiger partial charge in [-0.05, 0) is 37.0 Å². The van der Waals surface area contributed by atoms with Crippen LogP contribution in [0, 0.1) is 16.7 Å². The van der Waals surface area contributed by atoms with Gasteiger partial charge in [-0.2, -0.15) is 5.26 Å². The minimum atomic E-state index is -0.954. The Morgan fingerprint density at radius 2 is 1.87 bits per heavy atom. The Kier molecular flexibility index (Phi) is 5.83. The molecule has 1 aliphatic rings. The highest BCUT2D eigenvalue weighted by molar-refractivity contribution is 5.85. The van der Waals surface area contributed by atoms with Crippen molar-refractivity contribution < 1.29 is 19.0 Å². The highest BCUT2D eigenvalue weighted by Crippen LogP contribution is 2.30. The van der Waals surface area contributed by atoms with E-state index in [1.165, 1.54) is 0 Å². The summed E-state index contributed by atoms with van der Waals surface area (Å²) in [5.74, 6) is 1.21. The number of carbonyl (C=O) groups excluding carboxylic acids is 1. The van der Waals surface area contributed by atoms with E-state index in [-0.39, 0.29) is 5.91 Å². The molecule has 6 nitrogen and oxygen atoms in total. The van der Waals surface area contributed by atoms with Crippen LogP contribution in [0.25, 0.3) is 0 Å². The van der Waals surface area contributed by atoms with E-state index in [0.29, 0.717) is 50.5 Å². The quantitative estimate of drug-likeness (QED) is 0.863. The van der Waals surface area contributed by atoms with Crippen LogP contribution < -0.4 is 14.8 Å². The molecule has 0 atom stereocenters. The average Bonchev–Trinajstić information content (AvgIpc) is 2.61. The summed E-state index contributed by atoms with van der Waals surface area (Å²) in [4.78, 5) is 12.3. The van der Waals surface area contributed by atoms with Crippen LogP contribution in [0.3, 0.4) is 0 Å². The van der Waals surface area contributed by atoms with E-state index < -0.39 is 5.41 Å². The lowest BCUT2D eigenvalue weighted by Gasteiger charge is -2.29. The lowest BCUT2D eigenvalue weighted by atomic mass is 9.81. The van der Waals surface area contributed by atoms with Crippen LogP contribution in [-0.4, -0.2) is 39.9 Å². The van der Waals surface area contributed by atoms with Crippen LogP contribution in [0.2, 0.25) is 0 Å². The van der Waals surface area contributed by atoms with Crippen LogP contribution in [-0.2, 0) is 16.0 Å². The number of benzene rings is 1. The first-order valence-corrected chi connectivity index (χ1v) is 7.63. The van der Waals surface area contributed by atoms with Crippen molar-refractivity contribution >= 4 is 5.91 Å². The number of methoxy groups -OCH3 is 2. The Morgan fingerprint density at radius 1 is 1.26 bits per heavy atom. The molecule has 23 heavy (non-hydrogen) atoms. The zero-order valence-electron chi connectivity index (χ0n) is 13.6. The normalized spacial score (nSPS) is 16.2. The second kappa shape index (κ2) is 7.84. The summed E-state index contributed by atoms with van der Waals surface area (Å²) >= 11 is 0. The molecule has 2 rings (SSSR count). The van der Waals surface area contributed by atoms with E-state index in [1.54, 1.807) is 20.3 Å². The summed E-state index contributed by atoms with van der Waals surface area (Å²) in [5.41, 5.74) is 0.0455. The molecule has 124 valence electrons. The Hall–Kier alpha value is -2.26. The molecular weight excluding hydrogens is 296 g/mol. The van der Waals surface area contributed by atoms with Crippen molar-refractivity contribution in [2.75, 3.05) is 34.0 Å². The van der Waals surface area contributed by atoms with E-state index in [4.69, 9.17) is 14.2 Å². The third-order valence-corrected chi connectivity index (χ3v) is 4.11. The maximum atomic E-state index is 12.3. The number of hydrogen-bond acceptors (Lipinski definition) is 5. The molecule has 0 spiro atoms. The molecule has 1 amide bonds. The average molecular weight is 318 g/mol. The molecule has 1 N–H and O–H groups in total. The second-order valence-corrected chi connectivity index (χ2v) is 5.53. The largest absolute Gasteiger partial charge is 0.497 e. The summed E-state index contributed by atoms with van der Waals surface area (Å²) in [7, 11) is 3.20. The highest BCUT2D eigenvalue weighted by Gasteiger charge is 2.40. The topological polar surface area (TPSA) is 80.6 Å². The molecule has 0 aliphatic carbocycles. The Balaban J connectivity index is 1.94. The molecule has 1 saturated heterocycles. The maximum absolute atomic E-state index is 12.3. The van der Waals surface area contributed by atoms with Gasteiger partial charge >= 0.3 is 0 Å². The van der Waals surface area contributed by atoms with Gasteiger partial charge in [-0.25, -0.2) is 0 Å². The van der Waals surface area contributed by atoms with Crippen LogP contribution in [0.4, 0.5) is 0 Å². The number of ether oxygens (including phenoxy) is 3. The third kappa shape index (κ3) is 4.14. The maximum Gasteiger partial charge on any atom is 0.240 e. The molecule has 0 unspecified atom stereocenters. The highest BCUT2D eigenvalue weighted by atomic mass is 16.5. The zero-order valence-corrected chi connectivity index (χ0v) is 13.6. The number of nitrogens with one attached hydrogen (secondary N) is 1. The van der Waals surface area contributed by atoms with Crippen LogP contribution in [0.1, 0.15) is 18.4 Å². The van der Waals surface area contributed by atoms with Crippen LogP contribution in [0.5, 0.6) is 11.5 Å². The van der Waals surface area contributed by atoms with E-state index in [9.17, 15) is 10.1 Å². The molecule has 6 heteroatoms. The van der Waals surface area contributed by atoms with Crippen molar-refractivity contribution in [1.29, 1.82) is 5.26 Å². The fraction of sp³-hybridized carbons (Fsp3) is 0.529. The van der Waals surface area contributed by atoms with Gasteiger partial charge in [-0.3, -0.25) is 4.79 Å². The third-order valence-electron chi connectivity index (χ3n) is 4.11. The van der Waals surface area contributed by atoms with Crippen LogP contribution >= 0.6 is 0 Å². The second-order valence-electron chi connectivity index (χ2n) is 5.53. The molecule has 1 heterocycles. The van der Waals surface area contributed by atoms with Gasteiger partial charge in [-0.15, -0.1) is 0 Å². The summed E-state index contributed by atoms with van der Waals surface area (Å²) in [5, 5.41) is 12.2. The molecule has 1 aliphatic heterocycles. The van der Waals surface area contributed by atoms with E-state index in [0.717, 1.165) is 5.56 Å². The van der Waals surface area contributed by atoms with E-state index in [1.807, 2.05) is 12.1 Å². The van der Waals surface area contributed by atoms with Gasteiger partial charge in [0, 0.05) is 25.8 Å². The van der Waals surface area contributed by atoms with E-state index >= 15 is 0 Å². The van der Waals surface area contributed by atoms with Gasteiger partial charge in [0.25, 0.3) is 0 Å². The molecule has 0 saturated carbocycles. The fourth-order valence-electron chi connectivity index (χ4n) is 2.61. The first kappa shape index (κ1) is 17.1. The first-order chi connectivity index (χ1) is 11.1. The van der Waals surface area contributed by atoms with Crippen molar-refractivity contribution in [2.45, 2.75) is 19.3 Å². The predicted octanol–water partition coefficient (Wildman–Crippen LogP) is 1.68. The number of carbonyl (C=O) groups is 1. The molecule has 1 fully saturated rings.